The molecule has 3 aromatic rings. The molecule has 2 aliphatic heterocycles. The highest BCUT2D eigenvalue weighted by atomic mass is 19.1. The molecule has 5 nitrogen and oxygen atoms in total. The summed E-state index contributed by atoms with van der Waals surface area (Å²) in [6.07, 6.45) is 14.9. The Morgan fingerprint density at radius 1 is 0.882 bits per heavy atom. The second-order valence-corrected chi connectivity index (χ2v) is 10.5. The van der Waals surface area contributed by atoms with Crippen LogP contribution in [0, 0.1) is 11.2 Å². The predicted octanol–water partition coefficient (Wildman–Crippen LogP) is 5.37. The fourth-order valence-corrected chi connectivity index (χ4v) is 6.07. The molecule has 0 N–H and O–H groups in total. The van der Waals surface area contributed by atoms with E-state index in [4.69, 9.17) is 0 Å². The number of halogens is 1. The maximum atomic E-state index is 14.2. The van der Waals surface area contributed by atoms with Gasteiger partial charge < -0.3 is 14.4 Å². The maximum absolute atomic E-state index is 14.2. The standard InChI is InChI=1S/C28H34FN5/c29-25-5-2-14-30-26(25)27-31-15-20-34(27)21-22-6-8-24(9-7-22)33-18-12-28(13-19-33)10-16-32(17-11-28)23-3-1-4-23/h2,5-9,14-15,20,23H,1,3-4,10-13,16-19,21H2. The third kappa shape index (κ3) is 4.24. The van der Waals surface area contributed by atoms with Crippen molar-refractivity contribution in [3.8, 4) is 11.5 Å². The SMILES string of the molecule is Fc1cccnc1-c1nccn1Cc1ccc(N2CCC3(CC2)CCN(C2CCC2)CC3)cc1. The molecule has 1 spiro atoms. The predicted molar refractivity (Wildman–Crippen MR) is 133 cm³/mol. The average Bonchev–Trinajstić information content (AvgIpc) is 3.29. The van der Waals surface area contributed by atoms with Crippen LogP contribution < -0.4 is 4.90 Å². The number of hydrogen-bond donors (Lipinski definition) is 0. The quantitative estimate of drug-likeness (QED) is 0.514. The fraction of sp³-hybridized carbons (Fsp3) is 0.500. The van der Waals surface area contributed by atoms with Crippen LogP contribution in [-0.2, 0) is 6.54 Å². The van der Waals surface area contributed by atoms with Crippen LogP contribution >= 0.6 is 0 Å². The molecule has 2 aromatic heterocycles. The summed E-state index contributed by atoms with van der Waals surface area (Å²) in [5.74, 6) is 0.216. The number of likely N-dealkylation sites (tertiary alicyclic amines) is 1. The number of piperidine rings is 2. The molecular formula is C28H34FN5. The van der Waals surface area contributed by atoms with Crippen molar-refractivity contribution >= 4 is 5.69 Å². The minimum absolute atomic E-state index is 0.296. The molecule has 1 aliphatic carbocycles. The lowest BCUT2D eigenvalue weighted by atomic mass is 9.70. The zero-order chi connectivity index (χ0) is 23.0. The Morgan fingerprint density at radius 2 is 1.62 bits per heavy atom. The van der Waals surface area contributed by atoms with E-state index in [-0.39, 0.29) is 5.82 Å². The lowest BCUT2D eigenvalue weighted by Crippen LogP contribution is -2.50. The first-order valence-electron chi connectivity index (χ1n) is 12.9. The minimum atomic E-state index is -0.345. The summed E-state index contributed by atoms with van der Waals surface area (Å²) in [5.41, 5.74) is 3.36. The van der Waals surface area contributed by atoms with E-state index < -0.39 is 0 Å². The van der Waals surface area contributed by atoms with E-state index in [1.165, 1.54) is 75.4 Å². The molecule has 1 aromatic carbocycles. The van der Waals surface area contributed by atoms with Crippen molar-refractivity contribution in [1.82, 2.24) is 19.4 Å². The largest absolute Gasteiger partial charge is 0.371 e. The van der Waals surface area contributed by atoms with Gasteiger partial charge in [0.15, 0.2) is 11.6 Å². The van der Waals surface area contributed by atoms with Crippen LogP contribution in [-0.4, -0.2) is 51.7 Å². The summed E-state index contributed by atoms with van der Waals surface area (Å²) < 4.78 is 16.2. The Labute approximate surface area is 201 Å². The van der Waals surface area contributed by atoms with Crippen molar-refractivity contribution in [2.24, 2.45) is 5.41 Å². The highest BCUT2D eigenvalue weighted by Crippen LogP contribution is 2.43. The Bertz CT molecular complexity index is 1100. The molecule has 0 unspecified atom stereocenters. The summed E-state index contributed by atoms with van der Waals surface area (Å²) >= 11 is 0. The van der Waals surface area contributed by atoms with Gasteiger partial charge in [-0.15, -0.1) is 0 Å². The van der Waals surface area contributed by atoms with Crippen LogP contribution in [0.3, 0.4) is 0 Å². The van der Waals surface area contributed by atoms with Gasteiger partial charge in [-0.25, -0.2) is 14.4 Å². The van der Waals surface area contributed by atoms with Gasteiger partial charge in [-0.1, -0.05) is 18.6 Å². The van der Waals surface area contributed by atoms with Crippen LogP contribution in [0.2, 0.25) is 0 Å². The van der Waals surface area contributed by atoms with Crippen LogP contribution in [0.15, 0.2) is 55.0 Å². The molecule has 0 radical (unpaired) electrons. The molecule has 2 saturated heterocycles. The molecule has 1 saturated carbocycles. The van der Waals surface area contributed by atoms with Crippen molar-refractivity contribution in [1.29, 1.82) is 0 Å². The summed E-state index contributed by atoms with van der Waals surface area (Å²) in [6, 6.07) is 12.8. The lowest BCUT2D eigenvalue weighted by molar-refractivity contribution is 0.0306. The molecule has 6 rings (SSSR count). The smallest absolute Gasteiger partial charge is 0.162 e. The zero-order valence-electron chi connectivity index (χ0n) is 19.9. The van der Waals surface area contributed by atoms with Crippen molar-refractivity contribution in [2.75, 3.05) is 31.1 Å². The van der Waals surface area contributed by atoms with E-state index in [1.807, 2.05) is 10.8 Å². The van der Waals surface area contributed by atoms with Crippen molar-refractivity contribution in [2.45, 2.75) is 57.5 Å². The van der Waals surface area contributed by atoms with E-state index >= 15 is 0 Å². The van der Waals surface area contributed by atoms with E-state index in [0.717, 1.165) is 19.1 Å². The average molecular weight is 460 g/mol. The lowest BCUT2D eigenvalue weighted by Gasteiger charge is -2.50. The number of rotatable bonds is 5. The van der Waals surface area contributed by atoms with Crippen molar-refractivity contribution < 1.29 is 4.39 Å². The van der Waals surface area contributed by atoms with Gasteiger partial charge in [0.25, 0.3) is 0 Å². The number of anilines is 1. The van der Waals surface area contributed by atoms with E-state index in [0.29, 0.717) is 23.5 Å². The van der Waals surface area contributed by atoms with Crippen LogP contribution in [0.4, 0.5) is 10.1 Å². The molecule has 0 atom stereocenters. The van der Waals surface area contributed by atoms with E-state index in [9.17, 15) is 4.39 Å². The zero-order valence-corrected chi connectivity index (χ0v) is 19.9. The van der Waals surface area contributed by atoms with Gasteiger partial charge in [0.1, 0.15) is 5.69 Å². The van der Waals surface area contributed by atoms with Crippen LogP contribution in [0.25, 0.3) is 11.5 Å². The molecule has 6 heteroatoms. The van der Waals surface area contributed by atoms with Crippen LogP contribution in [0.1, 0.15) is 50.5 Å². The Kier molecular flexibility index (Phi) is 5.85. The highest BCUT2D eigenvalue weighted by Gasteiger charge is 2.39. The topological polar surface area (TPSA) is 37.2 Å². The second kappa shape index (κ2) is 9.14. The molecule has 3 aliphatic rings. The Morgan fingerprint density at radius 3 is 2.29 bits per heavy atom. The number of hydrogen-bond acceptors (Lipinski definition) is 4. The molecular weight excluding hydrogens is 425 g/mol. The first-order chi connectivity index (χ1) is 16.7. The summed E-state index contributed by atoms with van der Waals surface area (Å²) in [4.78, 5) is 13.9. The Hall–Kier alpha value is -2.73. The maximum Gasteiger partial charge on any atom is 0.162 e. The molecule has 34 heavy (non-hydrogen) atoms. The fourth-order valence-electron chi connectivity index (χ4n) is 6.07. The van der Waals surface area contributed by atoms with Gasteiger partial charge in [0.05, 0.1) is 0 Å². The summed E-state index contributed by atoms with van der Waals surface area (Å²) in [6.45, 7) is 5.60. The number of aromatic nitrogens is 3. The van der Waals surface area contributed by atoms with Gasteiger partial charge in [0, 0.05) is 50.0 Å². The van der Waals surface area contributed by atoms with E-state index in [1.54, 1.807) is 18.5 Å². The van der Waals surface area contributed by atoms with Crippen molar-refractivity contribution in [3.05, 3.63) is 66.4 Å². The third-order valence-corrected chi connectivity index (χ3v) is 8.61. The number of nitrogens with zero attached hydrogens (tertiary/aromatic N) is 5. The van der Waals surface area contributed by atoms with Gasteiger partial charge in [0.2, 0.25) is 0 Å². The third-order valence-electron chi connectivity index (χ3n) is 8.61. The van der Waals surface area contributed by atoms with Gasteiger partial charge in [-0.3, -0.25) is 0 Å². The van der Waals surface area contributed by atoms with Gasteiger partial charge >= 0.3 is 0 Å². The Balaban J connectivity index is 1.06. The first-order valence-corrected chi connectivity index (χ1v) is 12.9. The molecule has 178 valence electrons. The molecule has 4 heterocycles. The first kappa shape index (κ1) is 21.8. The molecule has 0 bridgehead atoms. The van der Waals surface area contributed by atoms with E-state index in [2.05, 4.69) is 44.0 Å². The second-order valence-electron chi connectivity index (χ2n) is 10.5. The molecule has 0 amide bonds. The number of imidazole rings is 1. The van der Waals surface area contributed by atoms with Gasteiger partial charge in [-0.05, 0) is 86.9 Å². The number of benzene rings is 1. The summed E-state index contributed by atoms with van der Waals surface area (Å²) in [5, 5.41) is 0. The normalized spacial score (nSPS) is 21.0. The summed E-state index contributed by atoms with van der Waals surface area (Å²) in [7, 11) is 0. The molecule has 3 fully saturated rings. The highest BCUT2D eigenvalue weighted by molar-refractivity contribution is 5.51. The van der Waals surface area contributed by atoms with Crippen LogP contribution in [0.5, 0.6) is 0 Å². The monoisotopic (exact) mass is 459 g/mol. The van der Waals surface area contributed by atoms with Gasteiger partial charge in [-0.2, -0.15) is 0 Å². The minimum Gasteiger partial charge on any atom is -0.371 e. The van der Waals surface area contributed by atoms with Crippen molar-refractivity contribution in [3.63, 3.8) is 0 Å². The number of pyridine rings is 1.